The molecule has 2 N–H and O–H groups in total. The molecule has 0 aromatic heterocycles. The molecule has 140 valence electrons. The maximum atomic E-state index is 12.3. The van der Waals surface area contributed by atoms with Crippen molar-refractivity contribution in [3.63, 3.8) is 0 Å². The Bertz CT molecular complexity index is 669. The van der Waals surface area contributed by atoms with Gasteiger partial charge in [-0.2, -0.15) is 0 Å². The first kappa shape index (κ1) is 19.9. The van der Waals surface area contributed by atoms with Gasteiger partial charge in [0.05, 0.1) is 19.2 Å². The van der Waals surface area contributed by atoms with Gasteiger partial charge in [0.25, 0.3) is 0 Å². The molecule has 0 spiro atoms. The Labute approximate surface area is 155 Å². The van der Waals surface area contributed by atoms with Crippen LogP contribution in [-0.2, 0) is 9.53 Å². The van der Waals surface area contributed by atoms with Crippen LogP contribution in [0.3, 0.4) is 0 Å². The van der Waals surface area contributed by atoms with E-state index in [9.17, 15) is 4.79 Å². The minimum Gasteiger partial charge on any atom is -0.491 e. The molecule has 0 fully saturated rings. The third-order valence-electron chi connectivity index (χ3n) is 4.11. The summed E-state index contributed by atoms with van der Waals surface area (Å²) in [4.78, 5) is 12.3. The van der Waals surface area contributed by atoms with Crippen LogP contribution in [0.2, 0.25) is 0 Å². The molecule has 1 amide bonds. The Kier molecular flexibility index (Phi) is 8.12. The second-order valence-corrected chi connectivity index (χ2v) is 6.23. The molecule has 5 heteroatoms. The zero-order chi connectivity index (χ0) is 18.8. The summed E-state index contributed by atoms with van der Waals surface area (Å²) in [5, 5.41) is 6.11. The maximum absolute atomic E-state index is 12.3. The fourth-order valence-electron chi connectivity index (χ4n) is 2.72. The number of nitrogens with one attached hydrogen (secondary N) is 2. The number of para-hydroxylation sites is 1. The molecular weight excluding hydrogens is 328 g/mol. The van der Waals surface area contributed by atoms with Crippen molar-refractivity contribution in [2.75, 3.05) is 33.4 Å². The second-order valence-electron chi connectivity index (χ2n) is 6.23. The average molecular weight is 356 g/mol. The molecule has 0 saturated carbocycles. The summed E-state index contributed by atoms with van der Waals surface area (Å²) in [7, 11) is 1.64. The van der Waals surface area contributed by atoms with Crippen molar-refractivity contribution in [1.82, 2.24) is 10.6 Å². The number of hydrogen-bond donors (Lipinski definition) is 2. The molecule has 0 aliphatic rings. The van der Waals surface area contributed by atoms with Gasteiger partial charge in [0.1, 0.15) is 12.4 Å². The van der Waals surface area contributed by atoms with E-state index >= 15 is 0 Å². The minimum absolute atomic E-state index is 0.0694. The van der Waals surface area contributed by atoms with Gasteiger partial charge < -0.3 is 20.1 Å². The van der Waals surface area contributed by atoms with Gasteiger partial charge >= 0.3 is 0 Å². The lowest BCUT2D eigenvalue weighted by Gasteiger charge is -2.21. The summed E-state index contributed by atoms with van der Waals surface area (Å²) in [6, 6.07) is 15.7. The monoisotopic (exact) mass is 356 g/mol. The van der Waals surface area contributed by atoms with Crippen LogP contribution in [0.4, 0.5) is 0 Å². The van der Waals surface area contributed by atoms with Crippen molar-refractivity contribution in [2.24, 2.45) is 0 Å². The highest BCUT2D eigenvalue weighted by Crippen LogP contribution is 2.24. The molecule has 0 heterocycles. The van der Waals surface area contributed by atoms with Crippen LogP contribution in [0.1, 0.15) is 22.7 Å². The van der Waals surface area contributed by atoms with Crippen molar-refractivity contribution in [3.8, 4) is 5.75 Å². The smallest absolute Gasteiger partial charge is 0.234 e. The van der Waals surface area contributed by atoms with Crippen LogP contribution in [0, 0.1) is 13.8 Å². The van der Waals surface area contributed by atoms with Crippen molar-refractivity contribution >= 4 is 5.91 Å². The highest BCUT2D eigenvalue weighted by Gasteiger charge is 2.16. The molecule has 0 radical (unpaired) electrons. The molecule has 0 aliphatic heterocycles. The lowest BCUT2D eigenvalue weighted by Crippen LogP contribution is -2.39. The van der Waals surface area contributed by atoms with Gasteiger partial charge in [-0.1, -0.05) is 48.5 Å². The summed E-state index contributed by atoms with van der Waals surface area (Å²) in [5.74, 6) is 0.806. The molecule has 1 atom stereocenters. The summed E-state index contributed by atoms with van der Waals surface area (Å²) < 4.78 is 11.0. The first-order valence-corrected chi connectivity index (χ1v) is 8.84. The Morgan fingerprint density at radius 2 is 1.73 bits per heavy atom. The molecule has 2 rings (SSSR count). The number of benzene rings is 2. The number of carbonyl (C=O) groups excluding carboxylic acids is 1. The van der Waals surface area contributed by atoms with Gasteiger partial charge in [-0.05, 0) is 30.5 Å². The number of rotatable bonds is 10. The van der Waals surface area contributed by atoms with Gasteiger partial charge in [0.15, 0.2) is 0 Å². The normalized spacial score (nSPS) is 11.8. The number of methoxy groups -OCH3 is 1. The van der Waals surface area contributed by atoms with E-state index in [2.05, 4.69) is 10.6 Å². The second kappa shape index (κ2) is 10.6. The molecule has 26 heavy (non-hydrogen) atoms. The standard InChI is InChI=1S/C21H28N2O3/c1-16-8-7-9-17(2)21(16)26-15-19(18-10-5-4-6-11-18)23-20(24)14-22-12-13-25-3/h4-11,19,22H,12-15H2,1-3H3,(H,23,24). The fourth-order valence-corrected chi connectivity index (χ4v) is 2.72. The third-order valence-corrected chi connectivity index (χ3v) is 4.11. The predicted molar refractivity (Wildman–Crippen MR) is 103 cm³/mol. The van der Waals surface area contributed by atoms with Crippen LogP contribution in [0.15, 0.2) is 48.5 Å². The predicted octanol–water partition coefficient (Wildman–Crippen LogP) is 2.78. The number of ether oxygens (including phenoxy) is 2. The lowest BCUT2D eigenvalue weighted by molar-refractivity contribution is -0.121. The number of aryl methyl sites for hydroxylation is 2. The van der Waals surface area contributed by atoms with E-state index in [0.717, 1.165) is 22.4 Å². The van der Waals surface area contributed by atoms with E-state index in [-0.39, 0.29) is 18.5 Å². The van der Waals surface area contributed by atoms with Crippen molar-refractivity contribution in [3.05, 3.63) is 65.2 Å². The Hall–Kier alpha value is -2.37. The van der Waals surface area contributed by atoms with Gasteiger partial charge in [-0.15, -0.1) is 0 Å². The fraction of sp³-hybridized carbons (Fsp3) is 0.381. The summed E-state index contributed by atoms with van der Waals surface area (Å²) in [5.41, 5.74) is 3.19. The van der Waals surface area contributed by atoms with Crippen LogP contribution in [-0.4, -0.2) is 39.3 Å². The van der Waals surface area contributed by atoms with Gasteiger partial charge in [0, 0.05) is 13.7 Å². The number of hydrogen-bond acceptors (Lipinski definition) is 4. The molecule has 5 nitrogen and oxygen atoms in total. The van der Waals surface area contributed by atoms with Crippen LogP contribution >= 0.6 is 0 Å². The topological polar surface area (TPSA) is 59.6 Å². The lowest BCUT2D eigenvalue weighted by atomic mass is 10.1. The first-order valence-electron chi connectivity index (χ1n) is 8.84. The van der Waals surface area contributed by atoms with Gasteiger partial charge in [-0.25, -0.2) is 0 Å². The molecule has 0 aliphatic carbocycles. The van der Waals surface area contributed by atoms with E-state index in [0.29, 0.717) is 19.8 Å². The summed E-state index contributed by atoms with van der Waals surface area (Å²) in [6.07, 6.45) is 0. The summed E-state index contributed by atoms with van der Waals surface area (Å²) in [6.45, 7) is 5.88. The van der Waals surface area contributed by atoms with E-state index in [4.69, 9.17) is 9.47 Å². The largest absolute Gasteiger partial charge is 0.491 e. The minimum atomic E-state index is -0.216. The zero-order valence-corrected chi connectivity index (χ0v) is 15.7. The quantitative estimate of drug-likeness (QED) is 0.643. The van der Waals surface area contributed by atoms with Crippen LogP contribution in [0.5, 0.6) is 5.75 Å². The maximum Gasteiger partial charge on any atom is 0.234 e. The van der Waals surface area contributed by atoms with E-state index in [1.54, 1.807) is 7.11 Å². The first-order chi connectivity index (χ1) is 12.6. The highest BCUT2D eigenvalue weighted by molar-refractivity contribution is 5.78. The molecule has 1 unspecified atom stereocenters. The zero-order valence-electron chi connectivity index (χ0n) is 15.7. The molecule has 2 aromatic rings. The Morgan fingerprint density at radius 1 is 1.04 bits per heavy atom. The number of carbonyl (C=O) groups is 1. The SMILES string of the molecule is COCCNCC(=O)NC(COc1c(C)cccc1C)c1ccccc1. The van der Waals surface area contributed by atoms with E-state index < -0.39 is 0 Å². The van der Waals surface area contributed by atoms with E-state index in [1.165, 1.54) is 0 Å². The van der Waals surface area contributed by atoms with Gasteiger partial charge in [-0.3, -0.25) is 4.79 Å². The molecule has 0 bridgehead atoms. The number of amides is 1. The Balaban J connectivity index is 2.01. The Morgan fingerprint density at radius 3 is 2.38 bits per heavy atom. The van der Waals surface area contributed by atoms with Crippen molar-refractivity contribution in [1.29, 1.82) is 0 Å². The van der Waals surface area contributed by atoms with Crippen LogP contribution < -0.4 is 15.4 Å². The third kappa shape index (κ3) is 6.17. The average Bonchev–Trinajstić information content (AvgIpc) is 2.64. The van der Waals surface area contributed by atoms with Crippen molar-refractivity contribution < 1.29 is 14.3 Å². The highest BCUT2D eigenvalue weighted by atomic mass is 16.5. The van der Waals surface area contributed by atoms with Gasteiger partial charge in [0.2, 0.25) is 5.91 Å². The molecule has 0 saturated heterocycles. The van der Waals surface area contributed by atoms with Crippen LogP contribution in [0.25, 0.3) is 0 Å². The molecular formula is C21H28N2O3. The molecule has 2 aromatic carbocycles. The van der Waals surface area contributed by atoms with Crippen molar-refractivity contribution in [2.45, 2.75) is 19.9 Å². The summed E-state index contributed by atoms with van der Waals surface area (Å²) >= 11 is 0. The van der Waals surface area contributed by atoms with E-state index in [1.807, 2.05) is 62.4 Å².